The quantitative estimate of drug-likeness (QED) is 0.575. The van der Waals surface area contributed by atoms with E-state index in [0.29, 0.717) is 13.0 Å². The average molecular weight is 348 g/mol. The van der Waals surface area contributed by atoms with E-state index in [9.17, 15) is 9.59 Å². The molecule has 1 unspecified atom stereocenters. The number of aromatic nitrogens is 3. The summed E-state index contributed by atoms with van der Waals surface area (Å²) in [6, 6.07) is 2.59. The Hall–Kier alpha value is -2.94. The average Bonchev–Trinajstić information content (AvgIpc) is 3.08. The van der Waals surface area contributed by atoms with Gasteiger partial charge in [0.15, 0.2) is 0 Å². The lowest BCUT2D eigenvalue weighted by molar-refractivity contribution is -0.139. The maximum absolute atomic E-state index is 11.5. The molecule has 0 fully saturated rings. The van der Waals surface area contributed by atoms with Crippen LogP contribution in [0.15, 0.2) is 37.1 Å². The van der Waals surface area contributed by atoms with E-state index in [4.69, 9.17) is 14.9 Å². The number of carboxylic acid groups (broad SMARTS) is 1. The van der Waals surface area contributed by atoms with Crippen LogP contribution >= 0.6 is 0 Å². The molecule has 0 radical (unpaired) electrons. The molecule has 0 saturated carbocycles. The third-order valence-electron chi connectivity index (χ3n) is 3.39. The number of aryl methyl sites for hydroxylation is 1. The predicted octanol–water partition coefficient (Wildman–Crippen LogP) is 0.897. The van der Waals surface area contributed by atoms with Gasteiger partial charge in [0.2, 0.25) is 0 Å². The number of nitrogens with zero attached hydrogens (tertiary/aromatic N) is 3. The van der Waals surface area contributed by atoms with Crippen LogP contribution in [0.5, 0.6) is 0 Å². The number of aliphatic hydroxyl groups excluding tert-OH is 1. The lowest BCUT2D eigenvalue weighted by atomic mass is 10.2. The van der Waals surface area contributed by atoms with E-state index in [0.717, 1.165) is 11.3 Å². The fourth-order valence-electron chi connectivity index (χ4n) is 2.13. The number of carbonyl (C=O) groups excluding carboxylic acids is 1. The van der Waals surface area contributed by atoms with Crippen LogP contribution in [0.2, 0.25) is 0 Å². The van der Waals surface area contributed by atoms with Gasteiger partial charge in [-0.15, -0.1) is 0 Å². The van der Waals surface area contributed by atoms with Gasteiger partial charge in [0.05, 0.1) is 18.6 Å². The molecule has 2 rings (SSSR count). The van der Waals surface area contributed by atoms with E-state index in [1.165, 1.54) is 0 Å². The lowest BCUT2D eigenvalue weighted by Crippen LogP contribution is -2.41. The van der Waals surface area contributed by atoms with Crippen molar-refractivity contribution < 1.29 is 24.5 Å². The Morgan fingerprint density at radius 1 is 1.40 bits per heavy atom. The first-order valence-electron chi connectivity index (χ1n) is 7.79. The van der Waals surface area contributed by atoms with Gasteiger partial charge in [0.1, 0.15) is 6.04 Å². The van der Waals surface area contributed by atoms with E-state index in [2.05, 4.69) is 15.3 Å². The molecule has 0 aromatic carbocycles. The largest absolute Gasteiger partial charge is 0.480 e. The molecule has 0 saturated heterocycles. The molecule has 0 aliphatic rings. The molecule has 0 aliphatic carbocycles. The Morgan fingerprint density at radius 3 is 2.92 bits per heavy atom. The number of hydrogen-bond acceptors (Lipinski definition) is 6. The minimum Gasteiger partial charge on any atom is -0.480 e. The Bertz CT molecular complexity index is 689. The van der Waals surface area contributed by atoms with Crippen molar-refractivity contribution in [3.8, 4) is 11.3 Å². The van der Waals surface area contributed by atoms with Crippen molar-refractivity contribution in [1.82, 2.24) is 19.9 Å². The molecule has 9 nitrogen and oxygen atoms in total. The molecule has 1 amide bonds. The van der Waals surface area contributed by atoms with Gasteiger partial charge in [-0.3, -0.25) is 4.98 Å². The SMILES string of the molecule is O=C(NC(CCO)C(=O)O)OCCCn1cnc(-c2cccnc2)c1. The number of hydrogen-bond donors (Lipinski definition) is 3. The van der Waals surface area contributed by atoms with Crippen molar-refractivity contribution >= 4 is 12.1 Å². The van der Waals surface area contributed by atoms with Crippen molar-refractivity contribution in [3.05, 3.63) is 37.1 Å². The van der Waals surface area contributed by atoms with E-state index in [-0.39, 0.29) is 19.6 Å². The van der Waals surface area contributed by atoms with Crippen molar-refractivity contribution in [3.63, 3.8) is 0 Å². The van der Waals surface area contributed by atoms with Crippen molar-refractivity contribution in [2.45, 2.75) is 25.4 Å². The molecular weight excluding hydrogens is 328 g/mol. The van der Waals surface area contributed by atoms with Crippen molar-refractivity contribution in [1.29, 1.82) is 0 Å². The number of carboxylic acids is 1. The second-order valence-corrected chi connectivity index (χ2v) is 5.28. The molecule has 1 atom stereocenters. The third-order valence-corrected chi connectivity index (χ3v) is 3.39. The molecule has 0 bridgehead atoms. The summed E-state index contributed by atoms with van der Waals surface area (Å²) in [4.78, 5) is 30.7. The monoisotopic (exact) mass is 348 g/mol. The normalized spacial score (nSPS) is 11.7. The predicted molar refractivity (Wildman–Crippen MR) is 87.7 cm³/mol. The van der Waals surface area contributed by atoms with Gasteiger partial charge in [0.25, 0.3) is 0 Å². The van der Waals surface area contributed by atoms with E-state index in [1.807, 2.05) is 22.9 Å². The summed E-state index contributed by atoms with van der Waals surface area (Å²) in [5, 5.41) is 19.8. The second kappa shape index (κ2) is 9.38. The zero-order chi connectivity index (χ0) is 18.1. The summed E-state index contributed by atoms with van der Waals surface area (Å²) in [5.41, 5.74) is 1.72. The summed E-state index contributed by atoms with van der Waals surface area (Å²) in [6.45, 7) is 0.397. The number of aliphatic hydroxyl groups is 1. The topological polar surface area (TPSA) is 127 Å². The summed E-state index contributed by atoms with van der Waals surface area (Å²) >= 11 is 0. The number of imidazole rings is 1. The molecule has 0 spiro atoms. The van der Waals surface area contributed by atoms with Gasteiger partial charge in [-0.05, 0) is 18.6 Å². The van der Waals surface area contributed by atoms with Crippen LogP contribution in [0.25, 0.3) is 11.3 Å². The zero-order valence-corrected chi connectivity index (χ0v) is 13.5. The molecule has 0 aliphatic heterocycles. The van der Waals surface area contributed by atoms with Crippen LogP contribution in [0.4, 0.5) is 4.79 Å². The zero-order valence-electron chi connectivity index (χ0n) is 13.5. The number of pyridine rings is 1. The Balaban J connectivity index is 1.72. The van der Waals surface area contributed by atoms with E-state index >= 15 is 0 Å². The van der Waals surface area contributed by atoms with Gasteiger partial charge < -0.3 is 24.8 Å². The number of ether oxygens (including phenoxy) is 1. The number of carbonyl (C=O) groups is 2. The highest BCUT2D eigenvalue weighted by molar-refractivity contribution is 5.79. The van der Waals surface area contributed by atoms with Crippen LogP contribution in [0, 0.1) is 0 Å². The number of nitrogens with one attached hydrogen (secondary N) is 1. The highest BCUT2D eigenvalue weighted by atomic mass is 16.5. The molecule has 9 heteroatoms. The van der Waals surface area contributed by atoms with E-state index < -0.39 is 18.1 Å². The second-order valence-electron chi connectivity index (χ2n) is 5.28. The summed E-state index contributed by atoms with van der Waals surface area (Å²) in [6.07, 6.45) is 6.64. The number of alkyl carbamates (subject to hydrolysis) is 1. The first-order valence-corrected chi connectivity index (χ1v) is 7.79. The fraction of sp³-hybridized carbons (Fsp3) is 0.375. The molecule has 3 N–H and O–H groups in total. The van der Waals surface area contributed by atoms with Crippen LogP contribution in [0.3, 0.4) is 0 Å². The highest BCUT2D eigenvalue weighted by Crippen LogP contribution is 2.14. The van der Waals surface area contributed by atoms with Crippen molar-refractivity contribution in [2.24, 2.45) is 0 Å². The minimum atomic E-state index is -1.22. The molecule has 25 heavy (non-hydrogen) atoms. The fourth-order valence-corrected chi connectivity index (χ4v) is 2.13. The number of amides is 1. The van der Waals surface area contributed by atoms with Gasteiger partial charge in [0, 0.05) is 43.7 Å². The first kappa shape index (κ1) is 18.4. The van der Waals surface area contributed by atoms with Crippen molar-refractivity contribution in [2.75, 3.05) is 13.2 Å². The van der Waals surface area contributed by atoms with Crippen LogP contribution in [0.1, 0.15) is 12.8 Å². The summed E-state index contributed by atoms with van der Waals surface area (Å²) in [7, 11) is 0. The lowest BCUT2D eigenvalue weighted by Gasteiger charge is -2.13. The standard InChI is InChI=1S/C16H20N4O5/c21-7-4-13(15(22)23)19-16(24)25-8-2-6-20-10-14(18-11-20)12-3-1-5-17-9-12/h1,3,5,9-11,13,21H,2,4,6-8H2,(H,19,24)(H,22,23). The minimum absolute atomic E-state index is 0.0728. The summed E-state index contributed by atoms with van der Waals surface area (Å²) < 4.78 is 6.81. The van der Waals surface area contributed by atoms with Gasteiger partial charge in [-0.25, -0.2) is 14.6 Å². The van der Waals surface area contributed by atoms with E-state index in [1.54, 1.807) is 18.7 Å². The Morgan fingerprint density at radius 2 is 2.24 bits per heavy atom. The molecule has 2 aromatic rings. The molecule has 2 heterocycles. The molecule has 2 aromatic heterocycles. The Kier molecular flexibility index (Phi) is 6.90. The van der Waals surface area contributed by atoms with Crippen LogP contribution in [-0.2, 0) is 16.1 Å². The van der Waals surface area contributed by atoms with Crippen LogP contribution < -0.4 is 5.32 Å². The number of rotatable bonds is 9. The third kappa shape index (κ3) is 5.88. The smallest absolute Gasteiger partial charge is 0.407 e. The highest BCUT2D eigenvalue weighted by Gasteiger charge is 2.19. The Labute approximate surface area is 144 Å². The summed E-state index contributed by atoms with van der Waals surface area (Å²) in [5.74, 6) is -1.22. The van der Waals surface area contributed by atoms with Crippen LogP contribution in [-0.4, -0.2) is 56.1 Å². The first-order chi connectivity index (χ1) is 12.1. The van der Waals surface area contributed by atoms with Gasteiger partial charge in [-0.1, -0.05) is 0 Å². The maximum atomic E-state index is 11.5. The molecule has 134 valence electrons. The van der Waals surface area contributed by atoms with Gasteiger partial charge >= 0.3 is 12.1 Å². The van der Waals surface area contributed by atoms with Gasteiger partial charge in [-0.2, -0.15) is 0 Å². The maximum Gasteiger partial charge on any atom is 0.407 e. The number of aliphatic carboxylic acids is 1. The molecular formula is C16H20N4O5.